The Bertz CT molecular complexity index is 1470. The Morgan fingerprint density at radius 1 is 0.488 bits per heavy atom. The average molecular weight is 581 g/mol. The van der Waals surface area contributed by atoms with Gasteiger partial charge in [0.15, 0.2) is 12.2 Å². The first kappa shape index (κ1) is 30.7. The van der Waals surface area contributed by atoms with Gasteiger partial charge in [-0.05, 0) is 55.0 Å². The van der Waals surface area contributed by atoms with Gasteiger partial charge in [0.2, 0.25) is 0 Å². The molecule has 0 heterocycles. The second-order valence-electron chi connectivity index (χ2n) is 9.61. The first-order chi connectivity index (χ1) is 21.0. The quantitative estimate of drug-likeness (QED) is 0.134. The van der Waals surface area contributed by atoms with Gasteiger partial charge >= 0.3 is 23.9 Å². The van der Waals surface area contributed by atoms with Crippen molar-refractivity contribution in [3.05, 3.63) is 144 Å². The molecule has 8 heteroatoms. The van der Waals surface area contributed by atoms with Crippen molar-refractivity contribution in [2.45, 2.75) is 38.1 Å². The Morgan fingerprint density at radius 3 is 1.23 bits per heavy atom. The maximum absolute atomic E-state index is 13.3. The average Bonchev–Trinajstić information content (AvgIpc) is 3.06. The normalized spacial score (nSPS) is 12.7. The first-order valence-electron chi connectivity index (χ1n) is 14.0. The van der Waals surface area contributed by atoms with Crippen molar-refractivity contribution >= 4 is 23.9 Å². The summed E-state index contributed by atoms with van der Waals surface area (Å²) in [6.07, 6.45) is -2.90. The minimum Gasteiger partial charge on any atom is -0.458 e. The van der Waals surface area contributed by atoms with E-state index in [0.29, 0.717) is 12.0 Å². The molecule has 0 saturated heterocycles. The van der Waals surface area contributed by atoms with Crippen LogP contribution in [0.2, 0.25) is 0 Å². The van der Waals surface area contributed by atoms with Crippen molar-refractivity contribution in [1.82, 2.24) is 0 Å². The highest BCUT2D eigenvalue weighted by Crippen LogP contribution is 2.22. The van der Waals surface area contributed by atoms with Crippen molar-refractivity contribution in [2.75, 3.05) is 6.61 Å². The summed E-state index contributed by atoms with van der Waals surface area (Å²) in [5.41, 5.74) is 1.06. The number of hydrogen-bond acceptors (Lipinski definition) is 8. The van der Waals surface area contributed by atoms with Gasteiger partial charge in [-0.3, -0.25) is 0 Å². The number of hydrogen-bond donors (Lipinski definition) is 0. The van der Waals surface area contributed by atoms with Gasteiger partial charge in [-0.2, -0.15) is 0 Å². The molecule has 0 aromatic heterocycles. The third-order valence-corrected chi connectivity index (χ3v) is 6.48. The van der Waals surface area contributed by atoms with E-state index in [1.165, 1.54) is 0 Å². The molecule has 0 N–H and O–H groups in total. The van der Waals surface area contributed by atoms with Gasteiger partial charge in [0, 0.05) is 0 Å². The number of carbonyl (C=O) groups excluding carboxylic acids is 4. The lowest BCUT2D eigenvalue weighted by molar-refractivity contribution is -0.103. The summed E-state index contributed by atoms with van der Waals surface area (Å²) in [5, 5.41) is 0. The van der Waals surface area contributed by atoms with Crippen LogP contribution in [0.15, 0.2) is 121 Å². The summed E-state index contributed by atoms with van der Waals surface area (Å²) >= 11 is 0. The fourth-order valence-electron chi connectivity index (χ4n) is 4.30. The molecule has 220 valence electrons. The van der Waals surface area contributed by atoms with Gasteiger partial charge in [0.1, 0.15) is 12.7 Å². The minimum absolute atomic E-state index is 0.239. The fourth-order valence-corrected chi connectivity index (χ4v) is 4.30. The van der Waals surface area contributed by atoms with Gasteiger partial charge in [-0.25, -0.2) is 19.2 Å². The minimum atomic E-state index is -1.33. The molecule has 3 atom stereocenters. The van der Waals surface area contributed by atoms with Crippen molar-refractivity contribution in [1.29, 1.82) is 0 Å². The van der Waals surface area contributed by atoms with Crippen LogP contribution in [0.5, 0.6) is 0 Å². The number of carbonyl (C=O) groups is 4. The summed E-state index contributed by atoms with van der Waals surface area (Å²) in [4.78, 5) is 52.6. The summed E-state index contributed by atoms with van der Waals surface area (Å²) in [6.45, 7) is 1.40. The largest absolute Gasteiger partial charge is 0.458 e. The number of rotatable bonds is 13. The van der Waals surface area contributed by atoms with E-state index in [4.69, 9.17) is 18.9 Å². The van der Waals surface area contributed by atoms with E-state index < -0.39 is 48.8 Å². The van der Waals surface area contributed by atoms with E-state index in [-0.39, 0.29) is 23.1 Å². The van der Waals surface area contributed by atoms with E-state index in [2.05, 4.69) is 0 Å². The third-order valence-electron chi connectivity index (χ3n) is 6.48. The molecule has 8 nitrogen and oxygen atoms in total. The lowest BCUT2D eigenvalue weighted by Gasteiger charge is -2.32. The standard InChI is InChI=1S/C35H32O8/c1-2-15-29(41-33(37)26-18-9-4-10-19-26)31(43-35(39)28-22-13-6-14-23-28)30(42-34(38)27-20-11-5-12-21-27)24-40-32(36)25-16-7-3-8-17-25/h3-14,16-23,29-31H,2,15,24H2,1H3/t29-,30-,31+/m1/s1. The van der Waals surface area contributed by atoms with Crippen LogP contribution in [0.25, 0.3) is 0 Å². The molecule has 0 fully saturated rings. The zero-order chi connectivity index (χ0) is 30.4. The van der Waals surface area contributed by atoms with E-state index in [0.717, 1.165) is 0 Å². The molecular formula is C35H32O8. The molecule has 0 aliphatic rings. The molecule has 0 aliphatic carbocycles. The van der Waals surface area contributed by atoms with Gasteiger partial charge in [0.05, 0.1) is 22.3 Å². The van der Waals surface area contributed by atoms with Crippen LogP contribution in [0.4, 0.5) is 0 Å². The summed E-state index contributed by atoms with van der Waals surface area (Å²) in [7, 11) is 0. The Kier molecular flexibility index (Phi) is 11.2. The van der Waals surface area contributed by atoms with Gasteiger partial charge in [-0.1, -0.05) is 86.1 Å². The van der Waals surface area contributed by atoms with Crippen molar-refractivity contribution in [3.63, 3.8) is 0 Å². The lowest BCUT2D eigenvalue weighted by Crippen LogP contribution is -2.48. The molecule has 0 bridgehead atoms. The highest BCUT2D eigenvalue weighted by Gasteiger charge is 2.39. The third kappa shape index (κ3) is 8.87. The zero-order valence-corrected chi connectivity index (χ0v) is 23.7. The molecular weight excluding hydrogens is 548 g/mol. The molecule has 4 aromatic carbocycles. The Balaban J connectivity index is 1.69. The number of esters is 4. The Hall–Kier alpha value is -5.24. The van der Waals surface area contributed by atoms with Crippen molar-refractivity contribution < 1.29 is 38.1 Å². The Morgan fingerprint density at radius 2 is 0.837 bits per heavy atom. The number of ether oxygens (including phenoxy) is 4. The fraction of sp³-hybridized carbons (Fsp3) is 0.200. The summed E-state index contributed by atoms with van der Waals surface area (Å²) < 4.78 is 23.2. The topological polar surface area (TPSA) is 105 Å². The van der Waals surface area contributed by atoms with Crippen LogP contribution >= 0.6 is 0 Å². The van der Waals surface area contributed by atoms with E-state index >= 15 is 0 Å². The maximum Gasteiger partial charge on any atom is 0.338 e. The van der Waals surface area contributed by atoms with Gasteiger partial charge in [-0.15, -0.1) is 0 Å². The monoisotopic (exact) mass is 580 g/mol. The summed E-state index contributed by atoms with van der Waals surface area (Å²) in [5.74, 6) is -2.76. The molecule has 0 saturated carbocycles. The molecule has 0 radical (unpaired) electrons. The van der Waals surface area contributed by atoms with Crippen LogP contribution in [0.1, 0.15) is 61.2 Å². The zero-order valence-electron chi connectivity index (χ0n) is 23.7. The second-order valence-corrected chi connectivity index (χ2v) is 9.61. The molecule has 0 amide bonds. The van der Waals surface area contributed by atoms with Crippen molar-refractivity contribution in [2.24, 2.45) is 0 Å². The highest BCUT2D eigenvalue weighted by atomic mass is 16.6. The van der Waals surface area contributed by atoms with E-state index in [1.54, 1.807) is 121 Å². The molecule has 4 aromatic rings. The van der Waals surface area contributed by atoms with E-state index in [1.807, 2.05) is 6.92 Å². The number of benzene rings is 4. The van der Waals surface area contributed by atoms with Crippen LogP contribution < -0.4 is 0 Å². The maximum atomic E-state index is 13.3. The van der Waals surface area contributed by atoms with Gasteiger partial charge < -0.3 is 18.9 Å². The van der Waals surface area contributed by atoms with E-state index in [9.17, 15) is 19.2 Å². The molecule has 0 spiro atoms. The molecule has 4 rings (SSSR count). The van der Waals surface area contributed by atoms with Crippen LogP contribution in [-0.2, 0) is 18.9 Å². The SMILES string of the molecule is CCC[C@@H](OC(=O)c1ccccc1)[C@H](OC(=O)c1ccccc1)[C@@H](COC(=O)c1ccccc1)OC(=O)c1ccccc1. The molecule has 0 unspecified atom stereocenters. The lowest BCUT2D eigenvalue weighted by atomic mass is 10.0. The van der Waals surface area contributed by atoms with Gasteiger partial charge in [0.25, 0.3) is 0 Å². The predicted octanol–water partition coefficient (Wildman–Crippen LogP) is 6.32. The Labute approximate surface area is 250 Å². The molecule has 43 heavy (non-hydrogen) atoms. The van der Waals surface area contributed by atoms with Crippen LogP contribution in [-0.4, -0.2) is 48.8 Å². The second kappa shape index (κ2) is 15.7. The van der Waals surface area contributed by atoms with Crippen molar-refractivity contribution in [3.8, 4) is 0 Å². The van der Waals surface area contributed by atoms with Crippen LogP contribution in [0, 0.1) is 0 Å². The predicted molar refractivity (Wildman–Crippen MR) is 159 cm³/mol. The highest BCUT2D eigenvalue weighted by molar-refractivity contribution is 5.91. The summed E-state index contributed by atoms with van der Waals surface area (Å²) in [6, 6.07) is 33.2. The smallest absolute Gasteiger partial charge is 0.338 e. The molecule has 0 aliphatic heterocycles. The first-order valence-corrected chi connectivity index (χ1v) is 14.0. The van der Waals surface area contributed by atoms with Crippen LogP contribution in [0.3, 0.4) is 0 Å².